The van der Waals surface area contributed by atoms with E-state index < -0.39 is 0 Å². The van der Waals surface area contributed by atoms with Gasteiger partial charge in [0.1, 0.15) is 5.82 Å². The lowest BCUT2D eigenvalue weighted by Crippen LogP contribution is -2.14. The first kappa shape index (κ1) is 20.2. The van der Waals surface area contributed by atoms with E-state index in [1.54, 1.807) is 23.5 Å². The van der Waals surface area contributed by atoms with E-state index in [-0.39, 0.29) is 5.82 Å². The molecule has 5 heteroatoms. The first-order valence-electron chi connectivity index (χ1n) is 9.43. The molecule has 0 atom stereocenters. The van der Waals surface area contributed by atoms with E-state index in [1.807, 2.05) is 36.7 Å². The number of aromatic nitrogens is 1. The van der Waals surface area contributed by atoms with Crippen molar-refractivity contribution < 1.29 is 4.39 Å². The minimum atomic E-state index is -0.219. The van der Waals surface area contributed by atoms with E-state index in [1.165, 1.54) is 11.1 Å². The number of hydrogen-bond acceptors (Lipinski definition) is 3. The number of aliphatic imine (C=N–C) groups is 1. The summed E-state index contributed by atoms with van der Waals surface area (Å²) in [6, 6.07) is 9.58. The molecule has 0 N–H and O–H groups in total. The van der Waals surface area contributed by atoms with Crippen LogP contribution in [0.3, 0.4) is 0 Å². The van der Waals surface area contributed by atoms with E-state index in [9.17, 15) is 4.39 Å². The number of hydrogen-bond donors (Lipinski definition) is 0. The first-order valence-corrected chi connectivity index (χ1v) is 10.3. The molecule has 0 aliphatic rings. The van der Waals surface area contributed by atoms with Crippen molar-refractivity contribution in [2.75, 3.05) is 13.6 Å². The highest BCUT2D eigenvalue weighted by molar-refractivity contribution is 7.10. The van der Waals surface area contributed by atoms with Crippen LogP contribution < -0.4 is 0 Å². The van der Waals surface area contributed by atoms with Gasteiger partial charge in [-0.25, -0.2) is 14.4 Å². The molecular weight excluding hydrogens is 369 g/mol. The number of aryl methyl sites for hydroxylation is 3. The number of rotatable bonds is 6. The zero-order chi connectivity index (χ0) is 20.3. The maximum Gasteiger partial charge on any atom is 0.132 e. The van der Waals surface area contributed by atoms with E-state index in [4.69, 9.17) is 0 Å². The lowest BCUT2D eigenvalue weighted by Gasteiger charge is -2.11. The lowest BCUT2D eigenvalue weighted by atomic mass is 10.0. The number of halogens is 1. The van der Waals surface area contributed by atoms with Crippen LogP contribution in [-0.4, -0.2) is 29.8 Å². The van der Waals surface area contributed by atoms with Crippen LogP contribution in [0.5, 0.6) is 0 Å². The Kier molecular flexibility index (Phi) is 6.25. The molecule has 146 valence electrons. The fourth-order valence-electron chi connectivity index (χ4n) is 2.94. The first-order chi connectivity index (χ1) is 13.4. The summed E-state index contributed by atoms with van der Waals surface area (Å²) in [6.45, 7) is 9.09. The summed E-state index contributed by atoms with van der Waals surface area (Å²) in [4.78, 5) is 11.3. The van der Waals surface area contributed by atoms with Gasteiger partial charge in [-0.15, -0.1) is 11.3 Å². The highest BCUT2D eigenvalue weighted by atomic mass is 32.1. The molecule has 0 aliphatic carbocycles. The van der Waals surface area contributed by atoms with Crippen LogP contribution >= 0.6 is 11.3 Å². The molecule has 0 saturated carbocycles. The Balaban J connectivity index is 1.82. The molecule has 0 fully saturated rings. The van der Waals surface area contributed by atoms with Gasteiger partial charge in [-0.05, 0) is 68.1 Å². The SMILES string of the molecule is CCN(C)C=Nc1cc(C)c(Cc2nc(-c3ccc(C)cc3F)cs2)cc1C. The molecule has 2 aromatic carbocycles. The maximum absolute atomic E-state index is 14.2. The predicted molar refractivity (Wildman–Crippen MR) is 117 cm³/mol. The molecular formula is C23H26FN3S. The molecule has 1 heterocycles. The van der Waals surface area contributed by atoms with Crippen LogP contribution in [0.4, 0.5) is 10.1 Å². The fraction of sp³-hybridized carbons (Fsp3) is 0.304. The second-order valence-electron chi connectivity index (χ2n) is 7.17. The smallest absolute Gasteiger partial charge is 0.132 e. The molecule has 3 aromatic rings. The molecule has 3 rings (SSSR count). The summed E-state index contributed by atoms with van der Waals surface area (Å²) < 4.78 is 14.2. The average molecular weight is 396 g/mol. The minimum Gasteiger partial charge on any atom is -0.366 e. The van der Waals surface area contributed by atoms with Gasteiger partial charge < -0.3 is 4.90 Å². The van der Waals surface area contributed by atoms with Crippen molar-refractivity contribution in [1.29, 1.82) is 0 Å². The Morgan fingerprint density at radius 3 is 2.64 bits per heavy atom. The molecule has 0 bridgehead atoms. The standard InChI is InChI=1S/C23H26FN3S/c1-6-27(5)14-25-21-11-16(3)18(10-17(21)4)12-23-26-22(13-28-23)19-8-7-15(2)9-20(19)24/h7-11,13-14H,6,12H2,1-5H3. The maximum atomic E-state index is 14.2. The summed E-state index contributed by atoms with van der Waals surface area (Å²) in [5, 5.41) is 2.92. The Labute approximate surface area is 170 Å². The van der Waals surface area contributed by atoms with Crippen LogP contribution in [-0.2, 0) is 6.42 Å². The van der Waals surface area contributed by atoms with Crippen molar-refractivity contribution in [1.82, 2.24) is 9.88 Å². The van der Waals surface area contributed by atoms with Crippen LogP contribution in [0.15, 0.2) is 40.7 Å². The van der Waals surface area contributed by atoms with Gasteiger partial charge in [0.15, 0.2) is 0 Å². The van der Waals surface area contributed by atoms with Gasteiger partial charge in [0.25, 0.3) is 0 Å². The van der Waals surface area contributed by atoms with Gasteiger partial charge in [0, 0.05) is 31.0 Å². The number of thiazole rings is 1. The molecule has 0 aliphatic heterocycles. The van der Waals surface area contributed by atoms with Gasteiger partial charge >= 0.3 is 0 Å². The Bertz CT molecular complexity index is 1010. The van der Waals surface area contributed by atoms with Gasteiger partial charge in [0.05, 0.1) is 22.7 Å². The quantitative estimate of drug-likeness (QED) is 0.374. The predicted octanol–water partition coefficient (Wildman–Crippen LogP) is 6.08. The van der Waals surface area contributed by atoms with Gasteiger partial charge in [-0.2, -0.15) is 0 Å². The normalized spacial score (nSPS) is 11.4. The van der Waals surface area contributed by atoms with Crippen molar-refractivity contribution in [3.05, 3.63) is 68.8 Å². The third kappa shape index (κ3) is 4.65. The molecule has 0 unspecified atom stereocenters. The number of nitrogens with zero attached hydrogens (tertiary/aromatic N) is 3. The second-order valence-corrected chi connectivity index (χ2v) is 8.11. The third-order valence-electron chi connectivity index (χ3n) is 4.84. The van der Waals surface area contributed by atoms with Crippen molar-refractivity contribution in [2.24, 2.45) is 4.99 Å². The molecule has 1 aromatic heterocycles. The zero-order valence-electron chi connectivity index (χ0n) is 17.1. The van der Waals surface area contributed by atoms with Gasteiger partial charge in [-0.1, -0.05) is 12.1 Å². The van der Waals surface area contributed by atoms with Gasteiger partial charge in [0.2, 0.25) is 0 Å². The monoisotopic (exact) mass is 395 g/mol. The largest absolute Gasteiger partial charge is 0.366 e. The molecule has 0 radical (unpaired) electrons. The summed E-state index contributed by atoms with van der Waals surface area (Å²) in [5.74, 6) is -0.219. The molecule has 0 saturated heterocycles. The van der Waals surface area contributed by atoms with E-state index in [0.717, 1.165) is 34.8 Å². The zero-order valence-corrected chi connectivity index (χ0v) is 17.9. The Hall–Kier alpha value is -2.53. The van der Waals surface area contributed by atoms with E-state index in [0.29, 0.717) is 11.3 Å². The molecule has 3 nitrogen and oxygen atoms in total. The third-order valence-corrected chi connectivity index (χ3v) is 5.69. The highest BCUT2D eigenvalue weighted by Gasteiger charge is 2.12. The second kappa shape index (κ2) is 8.65. The lowest BCUT2D eigenvalue weighted by molar-refractivity contribution is 0.552. The fourth-order valence-corrected chi connectivity index (χ4v) is 3.76. The van der Waals surface area contributed by atoms with Crippen molar-refractivity contribution in [2.45, 2.75) is 34.1 Å². The minimum absolute atomic E-state index is 0.219. The van der Waals surface area contributed by atoms with Crippen LogP contribution in [0.25, 0.3) is 11.3 Å². The summed E-state index contributed by atoms with van der Waals surface area (Å²) in [6.07, 6.45) is 2.61. The Morgan fingerprint density at radius 1 is 1.14 bits per heavy atom. The highest BCUT2D eigenvalue weighted by Crippen LogP contribution is 2.29. The number of benzene rings is 2. The Morgan fingerprint density at radius 2 is 1.93 bits per heavy atom. The molecule has 0 amide bonds. The van der Waals surface area contributed by atoms with Crippen molar-refractivity contribution in [3.8, 4) is 11.3 Å². The van der Waals surface area contributed by atoms with E-state index in [2.05, 4.69) is 42.9 Å². The van der Waals surface area contributed by atoms with Crippen molar-refractivity contribution >= 4 is 23.4 Å². The van der Waals surface area contributed by atoms with Crippen LogP contribution in [0.2, 0.25) is 0 Å². The van der Waals surface area contributed by atoms with E-state index >= 15 is 0 Å². The molecule has 28 heavy (non-hydrogen) atoms. The van der Waals surface area contributed by atoms with Crippen molar-refractivity contribution in [3.63, 3.8) is 0 Å². The summed E-state index contributed by atoms with van der Waals surface area (Å²) in [7, 11) is 2.01. The summed E-state index contributed by atoms with van der Waals surface area (Å²) >= 11 is 1.57. The van der Waals surface area contributed by atoms with Crippen LogP contribution in [0, 0.1) is 26.6 Å². The average Bonchev–Trinajstić information content (AvgIpc) is 3.11. The summed E-state index contributed by atoms with van der Waals surface area (Å²) in [5.41, 5.74) is 6.73. The topological polar surface area (TPSA) is 28.5 Å². The van der Waals surface area contributed by atoms with Crippen LogP contribution in [0.1, 0.15) is 34.2 Å². The molecule has 0 spiro atoms. The van der Waals surface area contributed by atoms with Gasteiger partial charge in [-0.3, -0.25) is 0 Å².